The van der Waals surface area contributed by atoms with E-state index in [1.54, 1.807) is 12.1 Å². The predicted octanol–water partition coefficient (Wildman–Crippen LogP) is 3.96. The number of halogens is 1. The molecule has 3 amide bonds. The summed E-state index contributed by atoms with van der Waals surface area (Å²) in [5.41, 5.74) is 1.85. The third-order valence-electron chi connectivity index (χ3n) is 5.72. The van der Waals surface area contributed by atoms with Crippen molar-refractivity contribution in [2.75, 3.05) is 11.9 Å². The number of rotatable bonds is 4. The van der Waals surface area contributed by atoms with Crippen LogP contribution in [-0.2, 0) is 14.4 Å². The highest BCUT2D eigenvalue weighted by atomic mass is 79.9. The quantitative estimate of drug-likeness (QED) is 0.731. The fourth-order valence-corrected chi connectivity index (χ4v) is 4.57. The molecule has 2 fully saturated rings. The molecule has 4 rings (SSSR count). The number of fused-ring (bicyclic) bond motifs is 1. The van der Waals surface area contributed by atoms with Gasteiger partial charge in [-0.25, -0.2) is 0 Å². The Kier molecular flexibility index (Phi) is 5.31. The van der Waals surface area contributed by atoms with E-state index in [4.69, 9.17) is 0 Å². The Hall–Kier alpha value is -2.47. The van der Waals surface area contributed by atoms with Crippen molar-refractivity contribution < 1.29 is 14.4 Å². The number of carbonyl (C=O) groups is 3. The molecule has 1 heterocycles. The van der Waals surface area contributed by atoms with E-state index in [1.165, 1.54) is 5.56 Å². The second-order valence-corrected chi connectivity index (χ2v) is 8.37. The Balaban J connectivity index is 1.42. The second-order valence-electron chi connectivity index (χ2n) is 7.45. The van der Waals surface area contributed by atoms with Gasteiger partial charge in [-0.3, -0.25) is 19.3 Å². The standard InChI is InChI=1S/C22H21BrN2O3/c23-16-7-9-17(10-8-16)24-20(26)13-25-21(27)18-11-6-15(12-19(18)22(25)28)14-4-2-1-3-5-14/h1-5,7-10,15,18-19H,6,11-13H2,(H,24,26). The zero-order valence-electron chi connectivity index (χ0n) is 15.3. The van der Waals surface area contributed by atoms with E-state index in [9.17, 15) is 14.4 Å². The molecule has 0 spiro atoms. The van der Waals surface area contributed by atoms with E-state index >= 15 is 0 Å². The summed E-state index contributed by atoms with van der Waals surface area (Å²) in [6.45, 7) is -0.225. The van der Waals surface area contributed by atoms with Crippen LogP contribution >= 0.6 is 15.9 Å². The van der Waals surface area contributed by atoms with Gasteiger partial charge in [0.05, 0.1) is 11.8 Å². The molecular formula is C22H21BrN2O3. The average molecular weight is 441 g/mol. The predicted molar refractivity (Wildman–Crippen MR) is 110 cm³/mol. The van der Waals surface area contributed by atoms with Crippen LogP contribution in [0, 0.1) is 11.8 Å². The minimum Gasteiger partial charge on any atom is -0.325 e. The Morgan fingerprint density at radius 1 is 0.964 bits per heavy atom. The van der Waals surface area contributed by atoms with E-state index in [-0.39, 0.29) is 42.0 Å². The van der Waals surface area contributed by atoms with Gasteiger partial charge in [0.25, 0.3) is 0 Å². The largest absolute Gasteiger partial charge is 0.325 e. The lowest BCUT2D eigenvalue weighted by molar-refractivity contribution is -0.142. The second kappa shape index (κ2) is 7.87. The first kappa shape index (κ1) is 18.9. The summed E-state index contributed by atoms with van der Waals surface area (Å²) < 4.78 is 0.910. The van der Waals surface area contributed by atoms with Gasteiger partial charge in [-0.1, -0.05) is 46.3 Å². The zero-order valence-corrected chi connectivity index (χ0v) is 16.9. The molecule has 28 heavy (non-hydrogen) atoms. The highest BCUT2D eigenvalue weighted by Gasteiger charge is 2.50. The molecule has 2 aromatic carbocycles. The van der Waals surface area contributed by atoms with E-state index in [2.05, 4.69) is 33.4 Å². The molecule has 3 unspecified atom stereocenters. The van der Waals surface area contributed by atoms with Gasteiger partial charge in [0, 0.05) is 10.2 Å². The Morgan fingerprint density at radius 3 is 2.36 bits per heavy atom. The molecule has 3 atom stereocenters. The third kappa shape index (κ3) is 3.74. The van der Waals surface area contributed by atoms with Gasteiger partial charge in [-0.05, 0) is 55.0 Å². The summed E-state index contributed by atoms with van der Waals surface area (Å²) in [5.74, 6) is -1.08. The van der Waals surface area contributed by atoms with E-state index in [0.29, 0.717) is 18.5 Å². The lowest BCUT2D eigenvalue weighted by Gasteiger charge is -2.28. The van der Waals surface area contributed by atoms with Crippen LogP contribution in [0.2, 0.25) is 0 Å². The Morgan fingerprint density at radius 2 is 1.64 bits per heavy atom. The number of imide groups is 1. The van der Waals surface area contributed by atoms with Gasteiger partial charge in [-0.2, -0.15) is 0 Å². The molecule has 1 saturated heterocycles. The summed E-state index contributed by atoms with van der Waals surface area (Å²) >= 11 is 3.34. The lowest BCUT2D eigenvalue weighted by atomic mass is 9.73. The van der Waals surface area contributed by atoms with E-state index in [1.807, 2.05) is 30.3 Å². The molecule has 144 valence electrons. The molecule has 1 N–H and O–H groups in total. The number of hydrogen-bond donors (Lipinski definition) is 1. The summed E-state index contributed by atoms with van der Waals surface area (Å²) in [6, 6.07) is 17.3. The molecule has 0 bridgehead atoms. The normalized spacial score (nSPS) is 24.2. The van der Waals surface area contributed by atoms with Crippen LogP contribution < -0.4 is 5.32 Å². The first-order valence-electron chi connectivity index (χ1n) is 9.48. The Bertz CT molecular complexity index is 898. The SMILES string of the molecule is O=C(CN1C(=O)C2CCC(c3ccccc3)CC2C1=O)Nc1ccc(Br)cc1. The molecule has 2 aliphatic rings. The lowest BCUT2D eigenvalue weighted by Crippen LogP contribution is -2.38. The minimum absolute atomic E-state index is 0.201. The first-order valence-corrected chi connectivity index (χ1v) is 10.3. The summed E-state index contributed by atoms with van der Waals surface area (Å²) in [7, 11) is 0. The van der Waals surface area contributed by atoms with Gasteiger partial charge < -0.3 is 5.32 Å². The van der Waals surface area contributed by atoms with Crippen molar-refractivity contribution in [2.45, 2.75) is 25.2 Å². The van der Waals surface area contributed by atoms with Gasteiger partial charge in [0.2, 0.25) is 17.7 Å². The van der Waals surface area contributed by atoms with Crippen molar-refractivity contribution in [1.29, 1.82) is 0 Å². The smallest absolute Gasteiger partial charge is 0.244 e. The van der Waals surface area contributed by atoms with Crippen LogP contribution in [0.15, 0.2) is 59.1 Å². The third-order valence-corrected chi connectivity index (χ3v) is 6.25. The van der Waals surface area contributed by atoms with Crippen LogP contribution in [0.5, 0.6) is 0 Å². The molecule has 0 radical (unpaired) electrons. The summed E-state index contributed by atoms with van der Waals surface area (Å²) in [5, 5.41) is 2.75. The van der Waals surface area contributed by atoms with Crippen LogP contribution in [0.3, 0.4) is 0 Å². The van der Waals surface area contributed by atoms with Crippen LogP contribution in [-0.4, -0.2) is 29.2 Å². The van der Waals surface area contributed by atoms with Crippen molar-refractivity contribution in [3.8, 4) is 0 Å². The number of carbonyl (C=O) groups excluding carboxylic acids is 3. The van der Waals surface area contributed by atoms with Gasteiger partial charge in [0.15, 0.2) is 0 Å². The van der Waals surface area contributed by atoms with Crippen molar-refractivity contribution in [1.82, 2.24) is 4.90 Å². The molecule has 2 aromatic rings. The van der Waals surface area contributed by atoms with E-state index in [0.717, 1.165) is 15.8 Å². The van der Waals surface area contributed by atoms with E-state index < -0.39 is 0 Å². The number of hydrogen-bond acceptors (Lipinski definition) is 3. The van der Waals surface area contributed by atoms with Gasteiger partial charge in [0.1, 0.15) is 6.54 Å². The molecule has 1 aliphatic heterocycles. The molecular weight excluding hydrogens is 420 g/mol. The van der Waals surface area contributed by atoms with Crippen molar-refractivity contribution in [3.05, 3.63) is 64.6 Å². The van der Waals surface area contributed by atoms with Crippen LogP contribution in [0.25, 0.3) is 0 Å². The van der Waals surface area contributed by atoms with Crippen molar-refractivity contribution in [2.24, 2.45) is 11.8 Å². The zero-order chi connectivity index (χ0) is 19.7. The fraction of sp³-hybridized carbons (Fsp3) is 0.318. The fourth-order valence-electron chi connectivity index (χ4n) is 4.31. The monoisotopic (exact) mass is 440 g/mol. The van der Waals surface area contributed by atoms with Gasteiger partial charge >= 0.3 is 0 Å². The van der Waals surface area contributed by atoms with Crippen molar-refractivity contribution >= 4 is 39.3 Å². The molecule has 5 nitrogen and oxygen atoms in total. The summed E-state index contributed by atoms with van der Waals surface area (Å²) in [4.78, 5) is 39.1. The maximum absolute atomic E-state index is 12.9. The average Bonchev–Trinajstić information content (AvgIpc) is 2.95. The summed E-state index contributed by atoms with van der Waals surface area (Å²) in [6.07, 6.45) is 2.26. The maximum Gasteiger partial charge on any atom is 0.244 e. The Labute approximate surface area is 172 Å². The highest BCUT2D eigenvalue weighted by Crippen LogP contribution is 2.44. The molecule has 6 heteroatoms. The molecule has 0 aromatic heterocycles. The molecule has 1 aliphatic carbocycles. The number of anilines is 1. The topological polar surface area (TPSA) is 66.5 Å². The number of likely N-dealkylation sites (tertiary alicyclic amines) is 1. The number of amides is 3. The number of nitrogens with zero attached hydrogens (tertiary/aromatic N) is 1. The number of nitrogens with one attached hydrogen (secondary N) is 1. The minimum atomic E-state index is -0.359. The highest BCUT2D eigenvalue weighted by molar-refractivity contribution is 9.10. The number of benzene rings is 2. The van der Waals surface area contributed by atoms with Gasteiger partial charge in [-0.15, -0.1) is 0 Å². The van der Waals surface area contributed by atoms with Crippen LogP contribution in [0.4, 0.5) is 5.69 Å². The van der Waals surface area contributed by atoms with Crippen molar-refractivity contribution in [3.63, 3.8) is 0 Å². The van der Waals surface area contributed by atoms with Crippen LogP contribution in [0.1, 0.15) is 30.7 Å². The molecule has 1 saturated carbocycles. The first-order chi connectivity index (χ1) is 13.5. The maximum atomic E-state index is 12.9.